The Hall–Kier alpha value is -2.37. The molecule has 1 aromatic carbocycles. The van der Waals surface area contributed by atoms with Gasteiger partial charge in [0.15, 0.2) is 6.61 Å². The zero-order chi connectivity index (χ0) is 16.8. The van der Waals surface area contributed by atoms with E-state index in [4.69, 9.17) is 4.74 Å². The molecule has 124 valence electrons. The average molecular weight is 319 g/mol. The molecule has 0 atom stereocenters. The van der Waals surface area contributed by atoms with Crippen LogP contribution in [0, 0.1) is 5.92 Å². The first-order valence-electron chi connectivity index (χ1n) is 7.65. The van der Waals surface area contributed by atoms with E-state index < -0.39 is 11.9 Å². The fourth-order valence-corrected chi connectivity index (χ4v) is 2.50. The third kappa shape index (κ3) is 4.31. The van der Waals surface area contributed by atoms with Crippen LogP contribution in [-0.4, -0.2) is 49.6 Å². The van der Waals surface area contributed by atoms with Crippen molar-refractivity contribution in [3.05, 3.63) is 35.4 Å². The number of ether oxygens (including phenoxy) is 2. The van der Waals surface area contributed by atoms with Crippen molar-refractivity contribution >= 4 is 17.8 Å². The highest BCUT2D eigenvalue weighted by molar-refractivity contribution is 6.03. The highest BCUT2D eigenvalue weighted by Crippen LogP contribution is 2.16. The molecule has 0 N–H and O–H groups in total. The molecule has 0 aromatic heterocycles. The third-order valence-corrected chi connectivity index (χ3v) is 4.02. The Bertz CT molecular complexity index is 590. The van der Waals surface area contributed by atoms with Gasteiger partial charge in [0.25, 0.3) is 5.91 Å². The topological polar surface area (TPSA) is 72.9 Å². The summed E-state index contributed by atoms with van der Waals surface area (Å²) in [6.45, 7) is 3.22. The van der Waals surface area contributed by atoms with Gasteiger partial charge in [0.2, 0.25) is 0 Å². The van der Waals surface area contributed by atoms with E-state index in [1.807, 2.05) is 0 Å². The number of amides is 1. The summed E-state index contributed by atoms with van der Waals surface area (Å²) in [7, 11) is 1.24. The predicted molar refractivity (Wildman–Crippen MR) is 83.0 cm³/mol. The van der Waals surface area contributed by atoms with Gasteiger partial charge >= 0.3 is 11.9 Å². The maximum Gasteiger partial charge on any atom is 0.339 e. The Morgan fingerprint density at radius 3 is 2.22 bits per heavy atom. The van der Waals surface area contributed by atoms with Crippen molar-refractivity contribution < 1.29 is 23.9 Å². The molecule has 1 amide bonds. The zero-order valence-corrected chi connectivity index (χ0v) is 13.4. The van der Waals surface area contributed by atoms with Gasteiger partial charge in [-0.15, -0.1) is 0 Å². The van der Waals surface area contributed by atoms with Gasteiger partial charge in [0.1, 0.15) is 0 Å². The Morgan fingerprint density at radius 1 is 1.09 bits per heavy atom. The lowest BCUT2D eigenvalue weighted by molar-refractivity contribution is -0.135. The van der Waals surface area contributed by atoms with Gasteiger partial charge in [-0.3, -0.25) is 4.79 Å². The normalized spacial score (nSPS) is 15.1. The largest absolute Gasteiger partial charge is 0.465 e. The minimum Gasteiger partial charge on any atom is -0.465 e. The quantitative estimate of drug-likeness (QED) is 0.792. The van der Waals surface area contributed by atoms with E-state index in [9.17, 15) is 14.4 Å². The second-order valence-electron chi connectivity index (χ2n) is 5.68. The molecular formula is C17H21NO5. The molecule has 0 unspecified atom stereocenters. The van der Waals surface area contributed by atoms with E-state index in [0.717, 1.165) is 12.8 Å². The summed E-state index contributed by atoms with van der Waals surface area (Å²) in [5, 5.41) is 0. The summed E-state index contributed by atoms with van der Waals surface area (Å²) in [4.78, 5) is 37.6. The maximum absolute atomic E-state index is 12.1. The van der Waals surface area contributed by atoms with Crippen LogP contribution >= 0.6 is 0 Å². The molecule has 0 spiro atoms. The number of likely N-dealkylation sites (tertiary alicyclic amines) is 1. The Morgan fingerprint density at radius 2 is 1.65 bits per heavy atom. The summed E-state index contributed by atoms with van der Waals surface area (Å²) < 4.78 is 9.70. The highest BCUT2D eigenvalue weighted by Gasteiger charge is 2.23. The van der Waals surface area contributed by atoms with Crippen LogP contribution in [0.15, 0.2) is 24.3 Å². The first-order valence-corrected chi connectivity index (χ1v) is 7.65. The Balaban J connectivity index is 1.95. The average Bonchev–Trinajstić information content (AvgIpc) is 2.59. The van der Waals surface area contributed by atoms with Gasteiger partial charge in [-0.1, -0.05) is 19.1 Å². The molecule has 1 fully saturated rings. The number of methoxy groups -OCH3 is 1. The molecule has 1 saturated heterocycles. The molecule has 0 aliphatic carbocycles. The van der Waals surface area contributed by atoms with Gasteiger partial charge in [-0.05, 0) is 30.9 Å². The first kappa shape index (κ1) is 17.0. The van der Waals surface area contributed by atoms with Crippen molar-refractivity contribution in [2.45, 2.75) is 19.8 Å². The minimum absolute atomic E-state index is 0.0967. The number of carbonyl (C=O) groups excluding carboxylic acids is 3. The molecule has 0 bridgehead atoms. The molecular weight excluding hydrogens is 298 g/mol. The van der Waals surface area contributed by atoms with E-state index in [1.54, 1.807) is 17.0 Å². The van der Waals surface area contributed by atoms with E-state index in [1.165, 1.54) is 19.2 Å². The SMILES string of the molecule is COC(=O)c1ccccc1C(=O)OCC(=O)N1CCC(C)CC1. The van der Waals surface area contributed by atoms with E-state index in [2.05, 4.69) is 11.7 Å². The highest BCUT2D eigenvalue weighted by atomic mass is 16.5. The lowest BCUT2D eigenvalue weighted by atomic mass is 9.99. The molecule has 0 saturated carbocycles. The van der Waals surface area contributed by atoms with Crippen molar-refractivity contribution in [1.82, 2.24) is 4.90 Å². The standard InChI is InChI=1S/C17H21NO5/c1-12-7-9-18(10-8-12)15(19)11-23-17(21)14-6-4-3-5-13(14)16(20)22-2/h3-6,12H,7-11H2,1-2H3. The van der Waals surface area contributed by atoms with Crippen LogP contribution in [0.4, 0.5) is 0 Å². The van der Waals surface area contributed by atoms with Crippen LogP contribution in [-0.2, 0) is 14.3 Å². The molecule has 1 aliphatic heterocycles. The third-order valence-electron chi connectivity index (χ3n) is 4.02. The number of rotatable bonds is 4. The number of piperidine rings is 1. The van der Waals surface area contributed by atoms with Gasteiger partial charge < -0.3 is 14.4 Å². The number of hydrogen-bond acceptors (Lipinski definition) is 5. The molecule has 2 rings (SSSR count). The van der Waals surface area contributed by atoms with E-state index >= 15 is 0 Å². The Labute approximate surface area is 135 Å². The van der Waals surface area contributed by atoms with Crippen LogP contribution < -0.4 is 0 Å². The number of benzene rings is 1. The van der Waals surface area contributed by atoms with Gasteiger partial charge in [-0.25, -0.2) is 9.59 Å². The van der Waals surface area contributed by atoms with Crippen LogP contribution in [0.2, 0.25) is 0 Å². The lowest BCUT2D eigenvalue weighted by Gasteiger charge is -2.30. The number of carbonyl (C=O) groups is 3. The second kappa shape index (κ2) is 7.76. The molecule has 1 heterocycles. The fourth-order valence-electron chi connectivity index (χ4n) is 2.50. The summed E-state index contributed by atoms with van der Waals surface area (Å²) in [5.41, 5.74) is 0.221. The van der Waals surface area contributed by atoms with Crippen LogP contribution in [0.1, 0.15) is 40.5 Å². The van der Waals surface area contributed by atoms with Crippen molar-refractivity contribution in [3.63, 3.8) is 0 Å². The van der Waals surface area contributed by atoms with Crippen molar-refractivity contribution in [1.29, 1.82) is 0 Å². The van der Waals surface area contributed by atoms with Crippen LogP contribution in [0.5, 0.6) is 0 Å². The Kier molecular flexibility index (Phi) is 5.73. The van der Waals surface area contributed by atoms with Crippen LogP contribution in [0.25, 0.3) is 0 Å². The monoisotopic (exact) mass is 319 g/mol. The second-order valence-corrected chi connectivity index (χ2v) is 5.68. The predicted octanol–water partition coefficient (Wildman–Crippen LogP) is 1.89. The number of nitrogens with zero attached hydrogens (tertiary/aromatic N) is 1. The summed E-state index contributed by atoms with van der Waals surface area (Å²) >= 11 is 0. The summed E-state index contributed by atoms with van der Waals surface area (Å²) in [6, 6.07) is 6.21. The van der Waals surface area contributed by atoms with Gasteiger partial charge in [0.05, 0.1) is 18.2 Å². The van der Waals surface area contributed by atoms with E-state index in [-0.39, 0.29) is 23.6 Å². The zero-order valence-electron chi connectivity index (χ0n) is 13.4. The smallest absolute Gasteiger partial charge is 0.339 e. The minimum atomic E-state index is -0.704. The van der Waals surface area contributed by atoms with Gasteiger partial charge in [-0.2, -0.15) is 0 Å². The number of esters is 2. The first-order chi connectivity index (χ1) is 11.0. The van der Waals surface area contributed by atoms with E-state index in [0.29, 0.717) is 19.0 Å². The number of hydrogen-bond donors (Lipinski definition) is 0. The summed E-state index contributed by atoms with van der Waals surface area (Å²) in [5.74, 6) is -0.909. The lowest BCUT2D eigenvalue weighted by Crippen LogP contribution is -2.40. The van der Waals surface area contributed by atoms with Crippen LogP contribution in [0.3, 0.4) is 0 Å². The van der Waals surface area contributed by atoms with Crippen molar-refractivity contribution in [2.75, 3.05) is 26.8 Å². The van der Waals surface area contributed by atoms with Crippen molar-refractivity contribution in [3.8, 4) is 0 Å². The molecule has 6 heteroatoms. The molecule has 1 aliphatic rings. The van der Waals surface area contributed by atoms with Crippen molar-refractivity contribution in [2.24, 2.45) is 5.92 Å². The molecule has 23 heavy (non-hydrogen) atoms. The molecule has 0 radical (unpaired) electrons. The van der Waals surface area contributed by atoms with Gasteiger partial charge in [0, 0.05) is 13.1 Å². The molecule has 6 nitrogen and oxygen atoms in total. The fraction of sp³-hybridized carbons (Fsp3) is 0.471. The summed E-state index contributed by atoms with van der Waals surface area (Å²) in [6.07, 6.45) is 1.93. The molecule has 1 aromatic rings. The maximum atomic E-state index is 12.1.